The van der Waals surface area contributed by atoms with Crippen LogP contribution in [-0.2, 0) is 22.4 Å². The smallest absolute Gasteiger partial charge is 0.339 e. The van der Waals surface area contributed by atoms with Crippen LogP contribution >= 0.6 is 11.3 Å². The second-order valence-electron chi connectivity index (χ2n) is 6.73. The van der Waals surface area contributed by atoms with Gasteiger partial charge in [-0.15, -0.1) is 11.3 Å². The number of thiophene rings is 1. The number of rotatable bonds is 7. The van der Waals surface area contributed by atoms with E-state index < -0.39 is 5.97 Å². The van der Waals surface area contributed by atoms with E-state index in [9.17, 15) is 9.59 Å². The first-order chi connectivity index (χ1) is 13.5. The van der Waals surface area contributed by atoms with Gasteiger partial charge in [-0.1, -0.05) is 0 Å². The molecule has 6 nitrogen and oxygen atoms in total. The van der Waals surface area contributed by atoms with Gasteiger partial charge in [0.2, 0.25) is 0 Å². The van der Waals surface area contributed by atoms with Gasteiger partial charge in [0, 0.05) is 15.8 Å². The number of ether oxygens (including phenoxy) is 3. The number of carbonyl (C=O) groups is 2. The predicted octanol–water partition coefficient (Wildman–Crippen LogP) is 3.68. The van der Waals surface area contributed by atoms with Crippen molar-refractivity contribution < 1.29 is 23.8 Å². The van der Waals surface area contributed by atoms with Gasteiger partial charge in [-0.05, 0) is 56.4 Å². The molecule has 1 aliphatic carbocycles. The molecule has 0 aliphatic heterocycles. The lowest BCUT2D eigenvalue weighted by Gasteiger charge is -2.18. The lowest BCUT2D eigenvalue weighted by atomic mass is 9.96. The minimum Gasteiger partial charge on any atom is -0.497 e. The third kappa shape index (κ3) is 4.47. The number of nitrogens with one attached hydrogen (secondary N) is 1. The first-order valence-electron chi connectivity index (χ1n) is 9.31. The maximum absolute atomic E-state index is 12.4. The molecule has 150 valence electrons. The number of methoxy groups -OCH3 is 2. The van der Waals surface area contributed by atoms with Crippen LogP contribution in [0.5, 0.6) is 11.5 Å². The molecule has 1 N–H and O–H groups in total. The summed E-state index contributed by atoms with van der Waals surface area (Å²) in [5.74, 6) is 0.525. The Morgan fingerprint density at radius 2 is 1.96 bits per heavy atom. The van der Waals surface area contributed by atoms with E-state index >= 15 is 0 Å². The summed E-state index contributed by atoms with van der Waals surface area (Å²) < 4.78 is 15.8. The Hall–Kier alpha value is -2.54. The van der Waals surface area contributed by atoms with E-state index in [1.54, 1.807) is 37.7 Å². The van der Waals surface area contributed by atoms with Gasteiger partial charge < -0.3 is 19.5 Å². The molecule has 1 atom stereocenters. The second-order valence-corrected chi connectivity index (χ2v) is 7.70. The number of esters is 1. The largest absolute Gasteiger partial charge is 0.497 e. The van der Waals surface area contributed by atoms with Crippen LogP contribution < -0.4 is 14.8 Å². The number of amides is 1. The van der Waals surface area contributed by atoms with Crippen LogP contribution in [0.1, 0.15) is 52.2 Å². The molecule has 0 saturated heterocycles. The molecule has 7 heteroatoms. The molecule has 0 spiro atoms. The van der Waals surface area contributed by atoms with E-state index in [2.05, 4.69) is 5.32 Å². The molecule has 1 aliphatic rings. The molecule has 2 aromatic rings. The van der Waals surface area contributed by atoms with Gasteiger partial charge in [0.1, 0.15) is 11.5 Å². The van der Waals surface area contributed by atoms with Crippen molar-refractivity contribution in [3.63, 3.8) is 0 Å². The maximum atomic E-state index is 12.4. The number of hydrogen-bond donors (Lipinski definition) is 1. The highest BCUT2D eigenvalue weighted by Gasteiger charge is 2.22. The maximum Gasteiger partial charge on any atom is 0.339 e. The zero-order valence-corrected chi connectivity index (χ0v) is 17.2. The summed E-state index contributed by atoms with van der Waals surface area (Å²) >= 11 is 1.60. The summed E-state index contributed by atoms with van der Waals surface area (Å²) in [5, 5.41) is 4.68. The molecule has 0 radical (unpaired) electrons. The Bertz CT molecular complexity index is 860. The molecule has 0 unspecified atom stereocenters. The molecular weight excluding hydrogens is 378 g/mol. The average molecular weight is 404 g/mol. The highest BCUT2D eigenvalue weighted by Crippen LogP contribution is 2.31. The minimum absolute atomic E-state index is 0.319. The van der Waals surface area contributed by atoms with E-state index in [0.717, 1.165) is 36.8 Å². The van der Waals surface area contributed by atoms with Gasteiger partial charge in [0.05, 0.1) is 25.8 Å². The highest BCUT2D eigenvalue weighted by molar-refractivity contribution is 7.10. The van der Waals surface area contributed by atoms with E-state index in [-0.39, 0.29) is 18.6 Å². The van der Waals surface area contributed by atoms with E-state index in [1.807, 2.05) is 18.4 Å². The SMILES string of the molecule is COc1ccc(OC)c([C@@H](C)NC(=O)COC(=O)c2csc3c2CCCC3)c1. The summed E-state index contributed by atoms with van der Waals surface area (Å²) in [6, 6.07) is 5.06. The summed E-state index contributed by atoms with van der Waals surface area (Å²) in [6.07, 6.45) is 4.18. The van der Waals surface area contributed by atoms with Crippen LogP contribution in [0.4, 0.5) is 0 Å². The van der Waals surface area contributed by atoms with Crippen molar-refractivity contribution in [1.29, 1.82) is 0 Å². The number of benzene rings is 1. The van der Waals surface area contributed by atoms with Crippen LogP contribution in [-0.4, -0.2) is 32.7 Å². The van der Waals surface area contributed by atoms with Crippen molar-refractivity contribution >= 4 is 23.2 Å². The Kier molecular flexibility index (Phi) is 6.57. The zero-order chi connectivity index (χ0) is 20.1. The normalized spacial score (nSPS) is 14.0. The van der Waals surface area contributed by atoms with Gasteiger partial charge >= 0.3 is 5.97 Å². The van der Waals surface area contributed by atoms with Crippen LogP contribution in [0.2, 0.25) is 0 Å². The third-order valence-electron chi connectivity index (χ3n) is 4.90. The molecule has 28 heavy (non-hydrogen) atoms. The first-order valence-corrected chi connectivity index (χ1v) is 10.2. The Balaban J connectivity index is 1.58. The van der Waals surface area contributed by atoms with Gasteiger partial charge in [0.25, 0.3) is 5.91 Å². The number of fused-ring (bicyclic) bond motifs is 1. The van der Waals surface area contributed by atoms with Crippen LogP contribution in [0.3, 0.4) is 0 Å². The molecule has 1 heterocycles. The number of hydrogen-bond acceptors (Lipinski definition) is 6. The Morgan fingerprint density at radius 1 is 1.18 bits per heavy atom. The average Bonchev–Trinajstić information content (AvgIpc) is 3.15. The van der Waals surface area contributed by atoms with E-state index in [1.165, 1.54) is 4.88 Å². The lowest BCUT2D eigenvalue weighted by Crippen LogP contribution is -2.31. The number of aryl methyl sites for hydroxylation is 1. The Morgan fingerprint density at radius 3 is 2.71 bits per heavy atom. The van der Waals surface area contributed by atoms with Crippen molar-refractivity contribution in [2.24, 2.45) is 0 Å². The van der Waals surface area contributed by atoms with E-state index in [4.69, 9.17) is 14.2 Å². The second kappa shape index (κ2) is 9.10. The van der Waals surface area contributed by atoms with Crippen molar-refractivity contribution in [1.82, 2.24) is 5.32 Å². The topological polar surface area (TPSA) is 73.9 Å². The van der Waals surface area contributed by atoms with Crippen LogP contribution in [0.15, 0.2) is 23.6 Å². The van der Waals surface area contributed by atoms with Crippen LogP contribution in [0.25, 0.3) is 0 Å². The van der Waals surface area contributed by atoms with Crippen molar-refractivity contribution in [3.05, 3.63) is 45.1 Å². The van der Waals surface area contributed by atoms with Gasteiger partial charge in [-0.3, -0.25) is 4.79 Å². The van der Waals surface area contributed by atoms with Gasteiger partial charge in [-0.2, -0.15) is 0 Å². The summed E-state index contributed by atoms with van der Waals surface area (Å²) in [4.78, 5) is 25.9. The third-order valence-corrected chi connectivity index (χ3v) is 5.99. The van der Waals surface area contributed by atoms with Crippen LogP contribution in [0, 0.1) is 0 Å². The molecule has 1 aromatic heterocycles. The molecule has 0 saturated carbocycles. The molecular formula is C21H25NO5S. The molecule has 0 bridgehead atoms. The van der Waals surface area contributed by atoms with Gasteiger partial charge in [-0.25, -0.2) is 4.79 Å². The Labute approximate surface area is 168 Å². The predicted molar refractivity (Wildman–Crippen MR) is 107 cm³/mol. The molecule has 1 amide bonds. The lowest BCUT2D eigenvalue weighted by molar-refractivity contribution is -0.124. The van der Waals surface area contributed by atoms with Crippen molar-refractivity contribution in [2.45, 2.75) is 38.6 Å². The summed E-state index contributed by atoms with van der Waals surface area (Å²) in [6.45, 7) is 1.52. The highest BCUT2D eigenvalue weighted by atomic mass is 32.1. The standard InChI is InChI=1S/C21H25NO5S/c1-13(16-10-14(25-2)8-9-18(16)26-3)22-20(23)11-27-21(24)17-12-28-19-7-5-4-6-15(17)19/h8-10,12-13H,4-7,11H2,1-3H3,(H,22,23)/t13-/m1/s1. The van der Waals surface area contributed by atoms with Gasteiger partial charge in [0.15, 0.2) is 6.61 Å². The molecule has 3 rings (SSSR count). The summed E-state index contributed by atoms with van der Waals surface area (Å²) in [5.41, 5.74) is 2.49. The quantitative estimate of drug-likeness (QED) is 0.714. The fourth-order valence-corrected chi connectivity index (χ4v) is 4.53. The fraction of sp³-hybridized carbons (Fsp3) is 0.429. The number of carbonyl (C=O) groups excluding carboxylic acids is 2. The van der Waals surface area contributed by atoms with Crippen molar-refractivity contribution in [2.75, 3.05) is 20.8 Å². The molecule has 0 fully saturated rings. The van der Waals surface area contributed by atoms with Crippen molar-refractivity contribution in [3.8, 4) is 11.5 Å². The monoisotopic (exact) mass is 403 g/mol. The fourth-order valence-electron chi connectivity index (χ4n) is 3.41. The zero-order valence-electron chi connectivity index (χ0n) is 16.4. The summed E-state index contributed by atoms with van der Waals surface area (Å²) in [7, 11) is 3.15. The van der Waals surface area contributed by atoms with E-state index in [0.29, 0.717) is 17.1 Å². The first kappa shape index (κ1) is 20.2. The molecule has 1 aromatic carbocycles. The minimum atomic E-state index is -0.429.